The minimum atomic E-state index is -1.13. The summed E-state index contributed by atoms with van der Waals surface area (Å²) in [5, 5.41) is 14.9. The van der Waals surface area contributed by atoms with Crippen LogP contribution in [-0.2, 0) is 14.3 Å². The highest BCUT2D eigenvalue weighted by Crippen LogP contribution is 2.45. The third kappa shape index (κ3) is 3.86. The van der Waals surface area contributed by atoms with Crippen molar-refractivity contribution in [2.75, 3.05) is 13.2 Å². The maximum absolute atomic E-state index is 13.0. The minimum absolute atomic E-state index is 0.0304. The van der Waals surface area contributed by atoms with Gasteiger partial charge in [0.05, 0.1) is 5.41 Å². The predicted molar refractivity (Wildman–Crippen MR) is 122 cm³/mol. The van der Waals surface area contributed by atoms with Gasteiger partial charge in [0.15, 0.2) is 0 Å². The highest BCUT2D eigenvalue weighted by molar-refractivity contribution is 5.92. The first-order chi connectivity index (χ1) is 15.9. The summed E-state index contributed by atoms with van der Waals surface area (Å²) in [7, 11) is 0. The van der Waals surface area contributed by atoms with Gasteiger partial charge in [0.25, 0.3) is 0 Å². The summed E-state index contributed by atoms with van der Waals surface area (Å²) < 4.78 is 5.60. The van der Waals surface area contributed by atoms with Crippen molar-refractivity contribution in [3.05, 3.63) is 59.7 Å². The summed E-state index contributed by atoms with van der Waals surface area (Å²) in [6.07, 6.45) is 3.33. The fourth-order valence-corrected chi connectivity index (χ4v) is 5.29. The van der Waals surface area contributed by atoms with Crippen LogP contribution in [0.5, 0.6) is 0 Å². The van der Waals surface area contributed by atoms with E-state index in [4.69, 9.17) is 4.74 Å². The molecule has 2 fully saturated rings. The summed E-state index contributed by atoms with van der Waals surface area (Å²) >= 11 is 0. The van der Waals surface area contributed by atoms with Crippen molar-refractivity contribution in [2.24, 2.45) is 5.41 Å². The van der Waals surface area contributed by atoms with Gasteiger partial charge in [-0.15, -0.1) is 0 Å². The van der Waals surface area contributed by atoms with Crippen LogP contribution in [0, 0.1) is 5.41 Å². The third-order valence-corrected chi connectivity index (χ3v) is 7.47. The Morgan fingerprint density at radius 2 is 1.48 bits per heavy atom. The fourth-order valence-electron chi connectivity index (χ4n) is 5.29. The maximum Gasteiger partial charge on any atom is 0.407 e. The van der Waals surface area contributed by atoms with Crippen molar-refractivity contribution < 1.29 is 24.2 Å². The Bertz CT molecular complexity index is 1060. The van der Waals surface area contributed by atoms with Crippen molar-refractivity contribution in [1.29, 1.82) is 0 Å². The zero-order valence-corrected chi connectivity index (χ0v) is 18.4. The first-order valence-electron chi connectivity index (χ1n) is 11.6. The SMILES string of the molecule is O=C(NCC1(C(=O)NC2(C(=O)O)CC2)CCCC1)OCC1c2ccccc2-c2ccccc21. The van der Waals surface area contributed by atoms with Gasteiger partial charge in [0.2, 0.25) is 5.91 Å². The zero-order valence-electron chi connectivity index (χ0n) is 18.4. The minimum Gasteiger partial charge on any atom is -0.480 e. The van der Waals surface area contributed by atoms with Crippen LogP contribution in [0.1, 0.15) is 55.6 Å². The predicted octanol–water partition coefficient (Wildman–Crippen LogP) is 3.82. The van der Waals surface area contributed by atoms with Crippen LogP contribution in [0.4, 0.5) is 4.79 Å². The summed E-state index contributed by atoms with van der Waals surface area (Å²) in [6.45, 7) is 0.354. The number of carbonyl (C=O) groups is 3. The van der Waals surface area contributed by atoms with Gasteiger partial charge in [0, 0.05) is 12.5 Å². The van der Waals surface area contributed by atoms with Gasteiger partial charge in [-0.1, -0.05) is 61.4 Å². The van der Waals surface area contributed by atoms with Gasteiger partial charge < -0.3 is 20.5 Å². The largest absolute Gasteiger partial charge is 0.480 e. The molecule has 3 aliphatic carbocycles. The Balaban J connectivity index is 1.22. The Morgan fingerprint density at radius 3 is 2.03 bits per heavy atom. The molecule has 0 aromatic heterocycles. The second-order valence-electron chi connectivity index (χ2n) is 9.51. The molecule has 172 valence electrons. The van der Waals surface area contributed by atoms with Crippen LogP contribution in [0.2, 0.25) is 0 Å². The smallest absolute Gasteiger partial charge is 0.407 e. The first kappa shape index (κ1) is 21.5. The van der Waals surface area contributed by atoms with E-state index in [9.17, 15) is 19.5 Å². The second-order valence-corrected chi connectivity index (χ2v) is 9.51. The van der Waals surface area contributed by atoms with E-state index in [1.165, 1.54) is 0 Å². The molecule has 7 heteroatoms. The lowest BCUT2D eigenvalue weighted by Crippen LogP contribution is -2.53. The molecular formula is C26H28N2O5. The van der Waals surface area contributed by atoms with E-state index in [0.717, 1.165) is 35.1 Å². The van der Waals surface area contributed by atoms with E-state index in [-0.39, 0.29) is 25.0 Å². The lowest BCUT2D eigenvalue weighted by Gasteiger charge is -2.29. The Kier molecular flexibility index (Phi) is 5.35. The molecule has 2 amide bonds. The number of carboxylic acids is 1. The molecule has 0 saturated heterocycles. The van der Waals surface area contributed by atoms with E-state index in [1.807, 2.05) is 24.3 Å². The number of amides is 2. The number of fused-ring (bicyclic) bond motifs is 3. The summed E-state index contributed by atoms with van der Waals surface area (Å²) in [5.41, 5.74) is 2.70. The maximum atomic E-state index is 13.0. The van der Waals surface area contributed by atoms with Crippen LogP contribution in [-0.4, -0.2) is 41.8 Å². The van der Waals surface area contributed by atoms with E-state index >= 15 is 0 Å². The van der Waals surface area contributed by atoms with Crippen LogP contribution >= 0.6 is 0 Å². The molecule has 7 nitrogen and oxygen atoms in total. The molecule has 0 radical (unpaired) electrons. The Hall–Kier alpha value is -3.35. The molecule has 0 aliphatic heterocycles. The molecule has 0 unspecified atom stereocenters. The second kappa shape index (κ2) is 8.21. The molecule has 0 heterocycles. The number of nitrogens with one attached hydrogen (secondary N) is 2. The number of rotatable bonds is 7. The van der Waals surface area contributed by atoms with Crippen LogP contribution in [0.15, 0.2) is 48.5 Å². The normalized spacial score (nSPS) is 19.3. The molecule has 0 bridgehead atoms. The monoisotopic (exact) mass is 448 g/mol. The molecule has 5 rings (SSSR count). The topological polar surface area (TPSA) is 105 Å². The Labute approximate surface area is 192 Å². The molecule has 2 aromatic carbocycles. The quantitative estimate of drug-likeness (QED) is 0.597. The van der Waals surface area contributed by atoms with E-state index in [2.05, 4.69) is 34.9 Å². The zero-order chi connectivity index (χ0) is 23.1. The molecule has 3 aliphatic rings. The van der Waals surface area contributed by atoms with Crippen molar-refractivity contribution in [2.45, 2.75) is 50.0 Å². The van der Waals surface area contributed by atoms with Gasteiger partial charge in [-0.2, -0.15) is 0 Å². The Morgan fingerprint density at radius 1 is 0.909 bits per heavy atom. The molecule has 2 saturated carbocycles. The van der Waals surface area contributed by atoms with Crippen molar-refractivity contribution >= 4 is 18.0 Å². The van der Waals surface area contributed by atoms with Gasteiger partial charge in [-0.3, -0.25) is 4.79 Å². The molecule has 33 heavy (non-hydrogen) atoms. The van der Waals surface area contributed by atoms with Crippen molar-refractivity contribution in [3.63, 3.8) is 0 Å². The average molecular weight is 449 g/mol. The molecular weight excluding hydrogens is 420 g/mol. The number of hydrogen-bond donors (Lipinski definition) is 3. The summed E-state index contributed by atoms with van der Waals surface area (Å²) in [5.74, 6) is -1.30. The summed E-state index contributed by atoms with van der Waals surface area (Å²) in [4.78, 5) is 37.1. The van der Waals surface area contributed by atoms with Crippen molar-refractivity contribution in [3.8, 4) is 11.1 Å². The van der Waals surface area contributed by atoms with Gasteiger partial charge >= 0.3 is 12.1 Å². The third-order valence-electron chi connectivity index (χ3n) is 7.47. The number of benzene rings is 2. The fraction of sp³-hybridized carbons (Fsp3) is 0.423. The lowest BCUT2D eigenvalue weighted by atomic mass is 9.84. The number of aliphatic carboxylic acids is 1. The van der Waals surface area contributed by atoms with Crippen LogP contribution in [0.3, 0.4) is 0 Å². The standard InChI is InChI=1S/C26H28N2O5/c29-22(28-26(13-14-26)23(30)31)25(11-5-6-12-25)16-27-24(32)33-15-21-19-9-3-1-7-17(19)18-8-2-4-10-20(18)21/h1-4,7-10,21H,5-6,11-16H2,(H,27,32)(H,28,29)(H,30,31). The highest BCUT2D eigenvalue weighted by Gasteiger charge is 2.54. The van der Waals surface area contributed by atoms with Crippen molar-refractivity contribution in [1.82, 2.24) is 10.6 Å². The molecule has 2 aromatic rings. The number of carbonyl (C=O) groups excluding carboxylic acids is 2. The van der Waals surface area contributed by atoms with Crippen LogP contribution in [0.25, 0.3) is 11.1 Å². The number of hydrogen-bond acceptors (Lipinski definition) is 4. The van der Waals surface area contributed by atoms with E-state index < -0.39 is 23.0 Å². The van der Waals surface area contributed by atoms with Gasteiger partial charge in [-0.05, 0) is 47.9 Å². The van der Waals surface area contributed by atoms with E-state index in [1.54, 1.807) is 0 Å². The average Bonchev–Trinajstić information content (AvgIpc) is 3.33. The number of carboxylic acid groups (broad SMARTS) is 1. The number of alkyl carbamates (subject to hydrolysis) is 1. The van der Waals surface area contributed by atoms with Gasteiger partial charge in [0.1, 0.15) is 12.1 Å². The highest BCUT2D eigenvalue weighted by atomic mass is 16.5. The van der Waals surface area contributed by atoms with Crippen LogP contribution < -0.4 is 10.6 Å². The molecule has 0 spiro atoms. The summed E-state index contributed by atoms with van der Waals surface area (Å²) in [6, 6.07) is 16.3. The first-order valence-corrected chi connectivity index (χ1v) is 11.6. The molecule has 0 atom stereocenters. The molecule has 3 N–H and O–H groups in total. The number of ether oxygens (including phenoxy) is 1. The van der Waals surface area contributed by atoms with E-state index in [0.29, 0.717) is 25.7 Å². The van der Waals surface area contributed by atoms with Gasteiger partial charge in [-0.25, -0.2) is 9.59 Å². The lowest BCUT2D eigenvalue weighted by molar-refractivity contribution is -0.145.